The molecule has 2 rings (SSSR count). The van der Waals surface area contributed by atoms with Crippen molar-refractivity contribution in [3.63, 3.8) is 0 Å². The molecule has 0 saturated heterocycles. The van der Waals surface area contributed by atoms with Crippen molar-refractivity contribution in [2.24, 2.45) is 7.05 Å². The fourth-order valence-electron chi connectivity index (χ4n) is 2.51. The van der Waals surface area contributed by atoms with Crippen molar-refractivity contribution in [2.45, 2.75) is 24.0 Å². The van der Waals surface area contributed by atoms with Crippen LogP contribution in [0.2, 0.25) is 5.02 Å². The van der Waals surface area contributed by atoms with Gasteiger partial charge in [0.1, 0.15) is 6.04 Å². The van der Waals surface area contributed by atoms with E-state index in [2.05, 4.69) is 0 Å². The van der Waals surface area contributed by atoms with Crippen LogP contribution >= 0.6 is 11.6 Å². The van der Waals surface area contributed by atoms with Crippen molar-refractivity contribution < 1.29 is 21.6 Å². The van der Waals surface area contributed by atoms with Gasteiger partial charge in [-0.3, -0.25) is 4.79 Å². The van der Waals surface area contributed by atoms with Gasteiger partial charge in [0, 0.05) is 30.9 Å². The zero-order chi connectivity index (χ0) is 19.7. The SMILES string of the molecule is CCN(C(c1ccc(Cl)cc1)C(F)(F)F)S(=O)(=O)c1ccc(=O)n(C)c1. The average molecular weight is 409 g/mol. The summed E-state index contributed by atoms with van der Waals surface area (Å²) in [4.78, 5) is 11.0. The quantitative estimate of drug-likeness (QED) is 0.762. The summed E-state index contributed by atoms with van der Waals surface area (Å²) in [6.07, 6.45) is -3.85. The Hall–Kier alpha value is -1.84. The van der Waals surface area contributed by atoms with Crippen molar-refractivity contribution >= 4 is 21.6 Å². The molecule has 0 spiro atoms. The second-order valence-corrected chi connectivity index (χ2v) is 7.85. The zero-order valence-corrected chi connectivity index (χ0v) is 15.4. The summed E-state index contributed by atoms with van der Waals surface area (Å²) in [6.45, 7) is 0.895. The highest BCUT2D eigenvalue weighted by Gasteiger charge is 2.48. The van der Waals surface area contributed by atoms with E-state index in [-0.39, 0.29) is 10.6 Å². The van der Waals surface area contributed by atoms with Crippen molar-refractivity contribution in [1.29, 1.82) is 0 Å². The van der Waals surface area contributed by atoms with Crippen LogP contribution in [0.1, 0.15) is 18.5 Å². The third-order valence-electron chi connectivity index (χ3n) is 3.76. The lowest BCUT2D eigenvalue weighted by atomic mass is 10.1. The summed E-state index contributed by atoms with van der Waals surface area (Å²) in [5.74, 6) is 0. The van der Waals surface area contributed by atoms with Gasteiger partial charge in [0.25, 0.3) is 0 Å². The molecule has 0 N–H and O–H groups in total. The number of benzene rings is 1. The number of alkyl halides is 3. The normalized spacial score (nSPS) is 13.8. The smallest absolute Gasteiger partial charge is 0.317 e. The highest BCUT2D eigenvalue weighted by atomic mass is 35.5. The lowest BCUT2D eigenvalue weighted by molar-refractivity contribution is -0.173. The second-order valence-electron chi connectivity index (χ2n) is 5.52. The van der Waals surface area contributed by atoms with E-state index in [4.69, 9.17) is 11.6 Å². The molecule has 2 aromatic rings. The molecule has 0 aliphatic rings. The van der Waals surface area contributed by atoms with E-state index >= 15 is 0 Å². The molecular weight excluding hydrogens is 393 g/mol. The first-order valence-corrected chi connectivity index (χ1v) is 9.31. The van der Waals surface area contributed by atoms with Crippen LogP contribution in [0.3, 0.4) is 0 Å². The molecule has 0 bridgehead atoms. The summed E-state index contributed by atoms with van der Waals surface area (Å²) >= 11 is 5.72. The fraction of sp³-hybridized carbons (Fsp3) is 0.312. The molecule has 5 nitrogen and oxygen atoms in total. The molecule has 142 valence electrons. The molecule has 0 amide bonds. The van der Waals surface area contributed by atoms with Gasteiger partial charge in [-0.05, 0) is 23.8 Å². The number of nitrogens with zero attached hydrogens (tertiary/aromatic N) is 2. The number of aromatic nitrogens is 1. The maximum Gasteiger partial charge on any atom is 0.409 e. The van der Waals surface area contributed by atoms with Crippen LogP contribution in [0.4, 0.5) is 13.2 Å². The van der Waals surface area contributed by atoms with Gasteiger partial charge in [-0.15, -0.1) is 0 Å². The van der Waals surface area contributed by atoms with Gasteiger partial charge in [-0.1, -0.05) is 30.7 Å². The van der Waals surface area contributed by atoms with Gasteiger partial charge < -0.3 is 4.57 Å². The van der Waals surface area contributed by atoms with Gasteiger partial charge in [-0.2, -0.15) is 17.5 Å². The minimum atomic E-state index is -4.85. The Labute approximate surface area is 153 Å². The number of pyridine rings is 1. The maximum absolute atomic E-state index is 13.7. The van der Waals surface area contributed by atoms with Crippen LogP contribution in [0.15, 0.2) is 52.3 Å². The lowest BCUT2D eigenvalue weighted by Crippen LogP contribution is -2.42. The third-order valence-corrected chi connectivity index (χ3v) is 5.94. The highest BCUT2D eigenvalue weighted by Crippen LogP contribution is 2.40. The Kier molecular flexibility index (Phi) is 5.84. The Morgan fingerprint density at radius 3 is 2.19 bits per heavy atom. The van der Waals surface area contributed by atoms with Crippen molar-refractivity contribution in [3.05, 3.63) is 63.5 Å². The van der Waals surface area contributed by atoms with Gasteiger partial charge in [0.05, 0.1) is 4.90 Å². The molecule has 10 heteroatoms. The summed E-state index contributed by atoms with van der Waals surface area (Å²) in [7, 11) is -3.19. The van der Waals surface area contributed by atoms with Crippen LogP contribution in [0.5, 0.6) is 0 Å². The van der Waals surface area contributed by atoms with E-state index in [0.717, 1.165) is 35.0 Å². The molecule has 0 saturated carbocycles. The van der Waals surface area contributed by atoms with Crippen molar-refractivity contribution in [2.75, 3.05) is 6.54 Å². The molecule has 1 atom stereocenters. The van der Waals surface area contributed by atoms with Gasteiger partial charge >= 0.3 is 6.18 Å². The summed E-state index contributed by atoms with van der Waals surface area (Å²) in [5.41, 5.74) is -0.728. The van der Waals surface area contributed by atoms with E-state index in [9.17, 15) is 26.4 Å². The summed E-state index contributed by atoms with van der Waals surface area (Å²) in [6, 6.07) is 4.41. The fourth-order valence-corrected chi connectivity index (χ4v) is 4.30. The van der Waals surface area contributed by atoms with Crippen LogP contribution < -0.4 is 5.56 Å². The molecule has 0 aliphatic heterocycles. The average Bonchev–Trinajstić information content (AvgIpc) is 2.54. The predicted molar refractivity (Wildman–Crippen MR) is 91.5 cm³/mol. The molecule has 0 radical (unpaired) electrons. The zero-order valence-electron chi connectivity index (χ0n) is 13.9. The van der Waals surface area contributed by atoms with E-state index < -0.39 is 39.2 Å². The number of sulfonamides is 1. The highest BCUT2D eigenvalue weighted by molar-refractivity contribution is 7.89. The van der Waals surface area contributed by atoms with Crippen LogP contribution in [-0.4, -0.2) is 30.0 Å². The van der Waals surface area contributed by atoms with E-state index in [0.29, 0.717) is 4.31 Å². The van der Waals surface area contributed by atoms with Gasteiger partial charge in [0.15, 0.2) is 0 Å². The molecule has 0 fully saturated rings. The van der Waals surface area contributed by atoms with Crippen molar-refractivity contribution in [3.8, 4) is 0 Å². The lowest BCUT2D eigenvalue weighted by Gasteiger charge is -2.31. The van der Waals surface area contributed by atoms with Crippen LogP contribution in [-0.2, 0) is 17.1 Å². The monoisotopic (exact) mass is 408 g/mol. The topological polar surface area (TPSA) is 59.4 Å². The van der Waals surface area contributed by atoms with Crippen LogP contribution in [0.25, 0.3) is 0 Å². The Morgan fingerprint density at radius 2 is 1.73 bits per heavy atom. The number of halogens is 4. The Morgan fingerprint density at radius 1 is 1.15 bits per heavy atom. The maximum atomic E-state index is 13.7. The van der Waals surface area contributed by atoms with E-state index in [1.165, 1.54) is 26.1 Å². The molecule has 1 aromatic heterocycles. The number of aryl methyl sites for hydroxylation is 1. The predicted octanol–water partition coefficient (Wildman–Crippen LogP) is 3.35. The number of hydrogen-bond acceptors (Lipinski definition) is 3. The Bertz CT molecular complexity index is 940. The molecular formula is C16H16ClF3N2O3S. The first-order valence-electron chi connectivity index (χ1n) is 7.49. The van der Waals surface area contributed by atoms with Crippen molar-refractivity contribution in [1.82, 2.24) is 8.87 Å². The first kappa shape index (κ1) is 20.5. The molecule has 26 heavy (non-hydrogen) atoms. The molecule has 0 aliphatic carbocycles. The molecule has 1 aromatic carbocycles. The third kappa shape index (κ3) is 4.11. The van der Waals surface area contributed by atoms with Gasteiger partial charge in [-0.25, -0.2) is 8.42 Å². The van der Waals surface area contributed by atoms with Gasteiger partial charge in [0.2, 0.25) is 15.6 Å². The standard InChI is InChI=1S/C16H16ClF3N2O3S/c1-3-22(26(24,25)13-8-9-14(23)21(2)10-13)15(16(18,19)20)11-4-6-12(17)7-5-11/h4-10,15H,3H2,1-2H3. The Balaban J connectivity index is 2.61. The number of rotatable bonds is 5. The number of hydrogen-bond donors (Lipinski definition) is 0. The minimum absolute atomic E-state index is 0.235. The summed E-state index contributed by atoms with van der Waals surface area (Å²) in [5, 5.41) is 0.235. The van der Waals surface area contributed by atoms with Crippen LogP contribution in [0, 0.1) is 0 Å². The summed E-state index contributed by atoms with van der Waals surface area (Å²) < 4.78 is 68.2. The minimum Gasteiger partial charge on any atom is -0.317 e. The van der Waals surface area contributed by atoms with E-state index in [1.54, 1.807) is 0 Å². The largest absolute Gasteiger partial charge is 0.409 e. The second kappa shape index (κ2) is 7.42. The molecule has 1 heterocycles. The molecule has 1 unspecified atom stereocenters. The first-order chi connectivity index (χ1) is 12.0. The van der Waals surface area contributed by atoms with E-state index in [1.807, 2.05) is 0 Å².